The Morgan fingerprint density at radius 1 is 1.10 bits per heavy atom. The predicted octanol–water partition coefficient (Wildman–Crippen LogP) is 4.67. The first kappa shape index (κ1) is 12.9. The van der Waals surface area contributed by atoms with Crippen LogP contribution in [0.15, 0.2) is 42.6 Å². The van der Waals surface area contributed by atoms with E-state index in [1.807, 2.05) is 50.2 Å². The molecule has 0 spiro atoms. The molecule has 0 aliphatic heterocycles. The normalized spacial score (nSPS) is 10.9. The number of H-pyrrole nitrogens is 1. The summed E-state index contributed by atoms with van der Waals surface area (Å²) in [6, 6.07) is 11.4. The number of benzene rings is 2. The van der Waals surface area contributed by atoms with Crippen LogP contribution in [0.1, 0.15) is 27.0 Å². The van der Waals surface area contributed by atoms with Gasteiger partial charge >= 0.3 is 0 Å². The van der Waals surface area contributed by atoms with Gasteiger partial charge in [0.05, 0.1) is 10.5 Å². The lowest BCUT2D eigenvalue weighted by atomic mass is 9.97. The summed E-state index contributed by atoms with van der Waals surface area (Å²) in [7, 11) is 0. The molecule has 2 aromatic carbocycles. The minimum Gasteiger partial charge on any atom is -0.359 e. The number of nitrogens with one attached hydrogen (secondary N) is 1. The molecule has 0 atom stereocenters. The third kappa shape index (κ3) is 2.02. The first-order valence-electron chi connectivity index (χ1n) is 6.45. The van der Waals surface area contributed by atoms with E-state index in [1.165, 1.54) is 0 Å². The lowest BCUT2D eigenvalue weighted by Crippen LogP contribution is -2.03. The highest BCUT2D eigenvalue weighted by Gasteiger charge is 2.16. The summed E-state index contributed by atoms with van der Waals surface area (Å²) in [6.07, 6.45) is 1.73. The molecule has 0 saturated carbocycles. The fraction of sp³-hybridized carbons (Fsp3) is 0.118. The summed E-state index contributed by atoms with van der Waals surface area (Å²) in [5.74, 6) is 0.0241. The van der Waals surface area contributed by atoms with Gasteiger partial charge in [0, 0.05) is 22.7 Å². The average molecular weight is 284 g/mol. The van der Waals surface area contributed by atoms with Gasteiger partial charge in [-0.15, -0.1) is 0 Å². The molecule has 0 saturated heterocycles. The Hall–Kier alpha value is -2.06. The second kappa shape index (κ2) is 4.80. The molecule has 3 heteroatoms. The molecule has 1 N–H and O–H groups in total. The number of para-hydroxylation sites is 1. The van der Waals surface area contributed by atoms with E-state index in [0.29, 0.717) is 10.6 Å². The summed E-state index contributed by atoms with van der Waals surface area (Å²) in [5.41, 5.74) is 4.35. The van der Waals surface area contributed by atoms with E-state index >= 15 is 0 Å². The zero-order chi connectivity index (χ0) is 14.3. The molecule has 3 rings (SSSR count). The third-order valence-electron chi connectivity index (χ3n) is 3.54. The zero-order valence-corrected chi connectivity index (χ0v) is 12.1. The Labute approximate surface area is 122 Å². The predicted molar refractivity (Wildman–Crippen MR) is 82.7 cm³/mol. The maximum Gasteiger partial charge on any atom is 0.195 e. The SMILES string of the molecule is Cc1ccc(C(=O)c2c[nH]c3c(Cl)cccc23)c(C)c1. The summed E-state index contributed by atoms with van der Waals surface area (Å²) in [4.78, 5) is 15.8. The molecule has 0 aliphatic carbocycles. The van der Waals surface area contributed by atoms with Gasteiger partial charge in [0.2, 0.25) is 0 Å². The van der Waals surface area contributed by atoms with Crippen molar-refractivity contribution in [3.8, 4) is 0 Å². The lowest BCUT2D eigenvalue weighted by Gasteiger charge is -2.05. The van der Waals surface area contributed by atoms with Crippen LogP contribution in [0.4, 0.5) is 0 Å². The van der Waals surface area contributed by atoms with Crippen molar-refractivity contribution in [2.75, 3.05) is 0 Å². The molecule has 0 radical (unpaired) electrons. The van der Waals surface area contributed by atoms with Crippen molar-refractivity contribution in [1.29, 1.82) is 0 Å². The first-order valence-corrected chi connectivity index (χ1v) is 6.83. The molecule has 0 unspecified atom stereocenters. The molecular formula is C17H14ClNO. The molecule has 1 heterocycles. The van der Waals surface area contributed by atoms with Crippen LogP contribution < -0.4 is 0 Å². The van der Waals surface area contributed by atoms with E-state index in [1.54, 1.807) is 6.20 Å². The van der Waals surface area contributed by atoms with Crippen molar-refractivity contribution in [2.24, 2.45) is 0 Å². The van der Waals surface area contributed by atoms with Gasteiger partial charge in [0.25, 0.3) is 0 Å². The van der Waals surface area contributed by atoms with Crippen LogP contribution in [-0.2, 0) is 0 Å². The van der Waals surface area contributed by atoms with Crippen molar-refractivity contribution in [2.45, 2.75) is 13.8 Å². The molecule has 20 heavy (non-hydrogen) atoms. The van der Waals surface area contributed by atoms with Crippen LogP contribution in [0, 0.1) is 13.8 Å². The number of halogens is 1. The molecule has 1 aromatic heterocycles. The number of aryl methyl sites for hydroxylation is 2. The summed E-state index contributed by atoms with van der Waals surface area (Å²) >= 11 is 6.13. The van der Waals surface area contributed by atoms with Gasteiger partial charge < -0.3 is 4.98 Å². The Kier molecular flexibility index (Phi) is 3.11. The van der Waals surface area contributed by atoms with Gasteiger partial charge in [0.15, 0.2) is 5.78 Å². The average Bonchev–Trinajstić information content (AvgIpc) is 2.83. The van der Waals surface area contributed by atoms with Crippen LogP contribution in [-0.4, -0.2) is 10.8 Å². The number of carbonyl (C=O) groups is 1. The first-order chi connectivity index (χ1) is 9.58. The Morgan fingerprint density at radius 2 is 1.90 bits per heavy atom. The number of carbonyl (C=O) groups excluding carboxylic acids is 1. The fourth-order valence-corrected chi connectivity index (χ4v) is 2.75. The minimum absolute atomic E-state index is 0.0241. The second-order valence-corrected chi connectivity index (χ2v) is 5.42. The molecule has 0 aliphatic rings. The summed E-state index contributed by atoms with van der Waals surface area (Å²) in [5, 5.41) is 1.49. The second-order valence-electron chi connectivity index (χ2n) is 5.01. The standard InChI is InChI=1S/C17H14ClNO/c1-10-6-7-12(11(2)8-10)17(20)14-9-19-16-13(14)4-3-5-15(16)18/h3-9,19H,1-2H3. The van der Waals surface area contributed by atoms with Crippen LogP contribution in [0.2, 0.25) is 5.02 Å². The van der Waals surface area contributed by atoms with Crippen LogP contribution in [0.25, 0.3) is 10.9 Å². The van der Waals surface area contributed by atoms with Crippen LogP contribution in [0.3, 0.4) is 0 Å². The molecule has 2 nitrogen and oxygen atoms in total. The number of aromatic nitrogens is 1. The highest BCUT2D eigenvalue weighted by molar-refractivity contribution is 6.35. The maximum absolute atomic E-state index is 12.7. The summed E-state index contributed by atoms with van der Waals surface area (Å²) in [6.45, 7) is 3.98. The van der Waals surface area contributed by atoms with E-state index < -0.39 is 0 Å². The van der Waals surface area contributed by atoms with Gasteiger partial charge in [-0.25, -0.2) is 0 Å². The quantitative estimate of drug-likeness (QED) is 0.681. The molecule has 0 fully saturated rings. The third-order valence-corrected chi connectivity index (χ3v) is 3.85. The largest absolute Gasteiger partial charge is 0.359 e. The number of ketones is 1. The van der Waals surface area contributed by atoms with Crippen LogP contribution >= 0.6 is 11.6 Å². The minimum atomic E-state index is 0.0241. The Morgan fingerprint density at radius 3 is 2.65 bits per heavy atom. The number of rotatable bonds is 2. The van der Waals surface area contributed by atoms with E-state index in [0.717, 1.165) is 27.6 Å². The maximum atomic E-state index is 12.7. The van der Waals surface area contributed by atoms with Crippen molar-refractivity contribution in [3.05, 3.63) is 69.9 Å². The molecule has 100 valence electrons. The van der Waals surface area contributed by atoms with Crippen molar-refractivity contribution >= 4 is 28.3 Å². The monoisotopic (exact) mass is 283 g/mol. The lowest BCUT2D eigenvalue weighted by molar-refractivity contribution is 0.104. The number of aromatic amines is 1. The topological polar surface area (TPSA) is 32.9 Å². The smallest absolute Gasteiger partial charge is 0.195 e. The molecule has 0 amide bonds. The highest BCUT2D eigenvalue weighted by atomic mass is 35.5. The zero-order valence-electron chi connectivity index (χ0n) is 11.3. The fourth-order valence-electron chi connectivity index (χ4n) is 2.52. The molecular weight excluding hydrogens is 270 g/mol. The van der Waals surface area contributed by atoms with Crippen LogP contribution in [0.5, 0.6) is 0 Å². The van der Waals surface area contributed by atoms with E-state index in [-0.39, 0.29) is 5.78 Å². The highest BCUT2D eigenvalue weighted by Crippen LogP contribution is 2.27. The van der Waals surface area contributed by atoms with Gasteiger partial charge in [-0.2, -0.15) is 0 Å². The van der Waals surface area contributed by atoms with E-state index in [4.69, 9.17) is 11.6 Å². The van der Waals surface area contributed by atoms with Gasteiger partial charge in [0.1, 0.15) is 0 Å². The van der Waals surface area contributed by atoms with Crippen molar-refractivity contribution < 1.29 is 4.79 Å². The number of fused-ring (bicyclic) bond motifs is 1. The van der Waals surface area contributed by atoms with Gasteiger partial charge in [-0.3, -0.25) is 4.79 Å². The summed E-state index contributed by atoms with van der Waals surface area (Å²) < 4.78 is 0. The van der Waals surface area contributed by atoms with Gasteiger partial charge in [-0.1, -0.05) is 47.5 Å². The van der Waals surface area contributed by atoms with Crippen molar-refractivity contribution in [1.82, 2.24) is 4.98 Å². The Balaban J connectivity index is 2.16. The van der Waals surface area contributed by atoms with Crippen molar-refractivity contribution in [3.63, 3.8) is 0 Å². The Bertz CT molecular complexity index is 817. The number of hydrogen-bond donors (Lipinski definition) is 1. The van der Waals surface area contributed by atoms with E-state index in [9.17, 15) is 4.79 Å². The van der Waals surface area contributed by atoms with Gasteiger partial charge in [-0.05, 0) is 25.5 Å². The molecule has 0 bridgehead atoms. The number of hydrogen-bond acceptors (Lipinski definition) is 1. The molecule has 3 aromatic rings. The van der Waals surface area contributed by atoms with E-state index in [2.05, 4.69) is 4.98 Å².